The molecule has 0 radical (unpaired) electrons. The molecule has 0 bridgehead atoms. The van der Waals surface area contributed by atoms with Crippen molar-refractivity contribution in [3.8, 4) is 11.4 Å². The minimum atomic E-state index is -3.94. The van der Waals surface area contributed by atoms with Crippen LogP contribution in [0.2, 0.25) is 5.02 Å². The Kier molecular flexibility index (Phi) is 4.82. The lowest BCUT2D eigenvalue weighted by molar-refractivity contribution is 0.102. The highest BCUT2D eigenvalue weighted by Gasteiger charge is 2.17. The number of aromatic nitrogens is 2. The number of anilines is 1. The molecule has 3 N–H and O–H groups in total. The molecule has 3 aromatic rings. The summed E-state index contributed by atoms with van der Waals surface area (Å²) in [5.41, 5.74) is 1.28. The Bertz CT molecular complexity index is 1040. The third-order valence-corrected chi connectivity index (χ3v) is 5.16. The molecule has 0 aliphatic heterocycles. The predicted octanol–water partition coefficient (Wildman–Crippen LogP) is 2.76. The van der Waals surface area contributed by atoms with Crippen LogP contribution in [0.1, 0.15) is 10.4 Å². The standard InChI is InChI=1S/C15H11ClN4O3S2/c16-11-5-4-9(25(17,22)23)7-10(11)14(21)20-15-19-13(8-24-15)12-3-1-2-6-18-12/h1-8H,(H2,17,22,23)(H,19,20,21). The third-order valence-electron chi connectivity index (χ3n) is 3.16. The van der Waals surface area contributed by atoms with Crippen LogP contribution < -0.4 is 10.5 Å². The molecule has 0 aliphatic carbocycles. The first-order chi connectivity index (χ1) is 11.8. The summed E-state index contributed by atoms with van der Waals surface area (Å²) in [5.74, 6) is -0.586. The number of rotatable bonds is 4. The van der Waals surface area contributed by atoms with E-state index in [1.165, 1.54) is 23.5 Å². The highest BCUT2D eigenvalue weighted by molar-refractivity contribution is 7.89. The van der Waals surface area contributed by atoms with Gasteiger partial charge in [-0.05, 0) is 30.3 Å². The van der Waals surface area contributed by atoms with E-state index in [1.54, 1.807) is 23.7 Å². The fraction of sp³-hybridized carbons (Fsp3) is 0. The molecule has 7 nitrogen and oxygen atoms in total. The van der Waals surface area contributed by atoms with Gasteiger partial charge in [-0.25, -0.2) is 18.5 Å². The van der Waals surface area contributed by atoms with Crippen molar-refractivity contribution in [3.63, 3.8) is 0 Å². The number of hydrogen-bond acceptors (Lipinski definition) is 6. The van der Waals surface area contributed by atoms with Crippen LogP contribution in [0.5, 0.6) is 0 Å². The number of nitrogens with one attached hydrogen (secondary N) is 1. The number of primary sulfonamides is 1. The van der Waals surface area contributed by atoms with E-state index in [-0.39, 0.29) is 15.5 Å². The van der Waals surface area contributed by atoms with Gasteiger partial charge < -0.3 is 0 Å². The van der Waals surface area contributed by atoms with Crippen molar-refractivity contribution in [1.29, 1.82) is 0 Å². The van der Waals surface area contributed by atoms with E-state index in [0.29, 0.717) is 16.5 Å². The number of benzene rings is 1. The van der Waals surface area contributed by atoms with Crippen LogP contribution in [0, 0.1) is 0 Å². The van der Waals surface area contributed by atoms with Gasteiger partial charge in [-0.1, -0.05) is 17.7 Å². The number of pyridine rings is 1. The second kappa shape index (κ2) is 6.89. The molecule has 128 valence electrons. The summed E-state index contributed by atoms with van der Waals surface area (Å²) in [7, 11) is -3.94. The second-order valence-electron chi connectivity index (χ2n) is 4.89. The molecule has 0 aliphatic rings. The zero-order chi connectivity index (χ0) is 18.0. The average molecular weight is 395 g/mol. The maximum Gasteiger partial charge on any atom is 0.259 e. The van der Waals surface area contributed by atoms with Gasteiger partial charge in [0.25, 0.3) is 5.91 Å². The molecule has 1 aromatic carbocycles. The first-order valence-corrected chi connectivity index (χ1v) is 9.65. The molecule has 0 saturated carbocycles. The number of hydrogen-bond donors (Lipinski definition) is 2. The van der Waals surface area contributed by atoms with Gasteiger partial charge in [0, 0.05) is 11.6 Å². The Morgan fingerprint density at radius 1 is 1.20 bits per heavy atom. The molecular weight excluding hydrogens is 384 g/mol. The van der Waals surface area contributed by atoms with Crippen molar-refractivity contribution in [2.45, 2.75) is 4.90 Å². The summed E-state index contributed by atoms with van der Waals surface area (Å²) < 4.78 is 22.8. The summed E-state index contributed by atoms with van der Waals surface area (Å²) in [6.45, 7) is 0. The summed E-state index contributed by atoms with van der Waals surface area (Å²) in [4.78, 5) is 20.6. The number of thiazole rings is 1. The molecule has 2 aromatic heterocycles. The van der Waals surface area contributed by atoms with Crippen molar-refractivity contribution in [2.24, 2.45) is 5.14 Å². The Labute approximate surface area is 152 Å². The SMILES string of the molecule is NS(=O)(=O)c1ccc(Cl)c(C(=O)Nc2nc(-c3ccccn3)cs2)c1. The smallest absolute Gasteiger partial charge is 0.259 e. The summed E-state index contributed by atoms with van der Waals surface area (Å²) in [6.07, 6.45) is 1.64. The molecule has 0 unspecified atom stereocenters. The molecule has 0 fully saturated rings. The second-order valence-corrected chi connectivity index (χ2v) is 7.72. The van der Waals surface area contributed by atoms with Gasteiger partial charge in [0.15, 0.2) is 5.13 Å². The van der Waals surface area contributed by atoms with Crippen LogP contribution in [0.4, 0.5) is 5.13 Å². The number of carbonyl (C=O) groups is 1. The number of halogens is 1. The average Bonchev–Trinajstić information content (AvgIpc) is 3.03. The van der Waals surface area contributed by atoms with Crippen molar-refractivity contribution in [1.82, 2.24) is 9.97 Å². The Hall–Kier alpha value is -2.33. The van der Waals surface area contributed by atoms with Crippen LogP contribution >= 0.6 is 22.9 Å². The number of nitrogens with zero attached hydrogens (tertiary/aromatic N) is 2. The van der Waals surface area contributed by atoms with Crippen LogP contribution in [0.3, 0.4) is 0 Å². The van der Waals surface area contributed by atoms with Gasteiger partial charge in [-0.15, -0.1) is 11.3 Å². The molecule has 0 spiro atoms. The molecule has 2 heterocycles. The largest absolute Gasteiger partial charge is 0.298 e. The Balaban J connectivity index is 1.85. The van der Waals surface area contributed by atoms with Crippen molar-refractivity contribution < 1.29 is 13.2 Å². The molecule has 0 atom stereocenters. The molecule has 0 saturated heterocycles. The number of amides is 1. The molecule has 25 heavy (non-hydrogen) atoms. The van der Waals surface area contributed by atoms with Crippen LogP contribution in [-0.4, -0.2) is 24.3 Å². The topological polar surface area (TPSA) is 115 Å². The van der Waals surface area contributed by atoms with E-state index in [1.807, 2.05) is 6.07 Å². The Morgan fingerprint density at radius 2 is 2.00 bits per heavy atom. The third kappa shape index (κ3) is 4.02. The zero-order valence-corrected chi connectivity index (χ0v) is 14.9. The zero-order valence-electron chi connectivity index (χ0n) is 12.5. The molecule has 1 amide bonds. The monoisotopic (exact) mass is 394 g/mol. The lowest BCUT2D eigenvalue weighted by atomic mass is 10.2. The van der Waals surface area contributed by atoms with E-state index in [4.69, 9.17) is 16.7 Å². The van der Waals surface area contributed by atoms with Gasteiger partial charge in [-0.3, -0.25) is 15.1 Å². The number of sulfonamides is 1. The van der Waals surface area contributed by atoms with Crippen LogP contribution in [0.15, 0.2) is 52.9 Å². The maximum atomic E-state index is 12.4. The summed E-state index contributed by atoms with van der Waals surface area (Å²) in [5, 5.41) is 9.85. The van der Waals surface area contributed by atoms with E-state index in [9.17, 15) is 13.2 Å². The summed E-state index contributed by atoms with van der Waals surface area (Å²) in [6, 6.07) is 9.08. The van der Waals surface area contributed by atoms with Gasteiger partial charge >= 0.3 is 0 Å². The normalized spacial score (nSPS) is 11.3. The van der Waals surface area contributed by atoms with Crippen molar-refractivity contribution in [2.75, 3.05) is 5.32 Å². The number of nitrogens with two attached hydrogens (primary N) is 1. The van der Waals surface area contributed by atoms with E-state index < -0.39 is 15.9 Å². The van der Waals surface area contributed by atoms with E-state index in [0.717, 1.165) is 6.07 Å². The fourth-order valence-corrected chi connectivity index (χ4v) is 3.43. The summed E-state index contributed by atoms with van der Waals surface area (Å²) >= 11 is 7.20. The lowest BCUT2D eigenvalue weighted by Gasteiger charge is -2.06. The van der Waals surface area contributed by atoms with Gasteiger partial charge in [-0.2, -0.15) is 0 Å². The highest BCUT2D eigenvalue weighted by atomic mass is 35.5. The first kappa shape index (κ1) is 17.5. The van der Waals surface area contributed by atoms with Gasteiger partial charge in [0.05, 0.1) is 21.2 Å². The molecule has 3 rings (SSSR count). The Morgan fingerprint density at radius 3 is 2.68 bits per heavy atom. The molecule has 10 heteroatoms. The quantitative estimate of drug-likeness (QED) is 0.705. The van der Waals surface area contributed by atoms with Crippen molar-refractivity contribution >= 4 is 44.0 Å². The minimum absolute atomic E-state index is 0.0113. The fourth-order valence-electron chi connectivity index (χ4n) is 1.98. The highest BCUT2D eigenvalue weighted by Crippen LogP contribution is 2.25. The van der Waals surface area contributed by atoms with E-state index >= 15 is 0 Å². The van der Waals surface area contributed by atoms with Crippen molar-refractivity contribution in [3.05, 3.63) is 58.6 Å². The minimum Gasteiger partial charge on any atom is -0.298 e. The van der Waals surface area contributed by atoms with Gasteiger partial charge in [0.2, 0.25) is 10.0 Å². The lowest BCUT2D eigenvalue weighted by Crippen LogP contribution is -2.16. The predicted molar refractivity (Wildman–Crippen MR) is 96.1 cm³/mol. The van der Waals surface area contributed by atoms with Gasteiger partial charge in [0.1, 0.15) is 5.69 Å². The van der Waals surface area contributed by atoms with Crippen LogP contribution in [-0.2, 0) is 10.0 Å². The maximum absolute atomic E-state index is 12.4. The van der Waals surface area contributed by atoms with E-state index in [2.05, 4.69) is 15.3 Å². The van der Waals surface area contributed by atoms with Crippen LogP contribution in [0.25, 0.3) is 11.4 Å². The first-order valence-electron chi connectivity index (χ1n) is 6.85. The molecular formula is C15H11ClN4O3S2. The number of carbonyl (C=O) groups excluding carboxylic acids is 1.